The molecule has 17 heteroatoms. The Bertz CT molecular complexity index is 1880. The summed E-state index contributed by atoms with van der Waals surface area (Å²) in [6.45, 7) is 3.90. The number of benzene rings is 3. The van der Waals surface area contributed by atoms with E-state index in [4.69, 9.17) is 23.7 Å². The molecule has 4 N–H and O–H groups in total. The van der Waals surface area contributed by atoms with Gasteiger partial charge in [0, 0.05) is 34.2 Å². The van der Waals surface area contributed by atoms with Crippen molar-refractivity contribution < 1.29 is 67.1 Å². The first kappa shape index (κ1) is 41.8. The number of carboxylic acid groups (broad SMARTS) is 1. The minimum atomic E-state index is -1.53. The van der Waals surface area contributed by atoms with Crippen LogP contribution in [0, 0.1) is 0 Å². The third-order valence-corrected chi connectivity index (χ3v) is 7.03. The van der Waals surface area contributed by atoms with Crippen molar-refractivity contribution in [3.63, 3.8) is 0 Å². The van der Waals surface area contributed by atoms with Crippen molar-refractivity contribution in [2.24, 2.45) is 0 Å². The fourth-order valence-electron chi connectivity index (χ4n) is 4.78. The maximum absolute atomic E-state index is 13.6. The highest BCUT2D eigenvalue weighted by molar-refractivity contribution is 6.01. The molecular weight excluding hydrogens is 710 g/mol. The van der Waals surface area contributed by atoms with Gasteiger partial charge in [0.2, 0.25) is 5.91 Å². The Labute approximate surface area is 309 Å². The molecule has 0 aliphatic carbocycles. The zero-order valence-electron chi connectivity index (χ0n) is 29.8. The predicted octanol–water partition coefficient (Wildman–Crippen LogP) is 2.48. The topological polar surface area (TPSA) is 239 Å². The van der Waals surface area contributed by atoms with E-state index in [0.29, 0.717) is 0 Å². The smallest absolute Gasteiger partial charge is 0.328 e. The molecule has 3 aromatic rings. The lowest BCUT2D eigenvalue weighted by molar-refractivity contribution is -0.144. The van der Waals surface area contributed by atoms with Gasteiger partial charge in [-0.1, -0.05) is 42.5 Å². The fraction of sp³-hybridized carbons (Fsp3) is 0.297. The zero-order chi connectivity index (χ0) is 39.8. The van der Waals surface area contributed by atoms with E-state index in [-0.39, 0.29) is 54.4 Å². The van der Waals surface area contributed by atoms with Gasteiger partial charge < -0.3 is 44.7 Å². The maximum Gasteiger partial charge on any atom is 0.328 e. The molecule has 3 amide bonds. The Hall–Kier alpha value is -6.62. The van der Waals surface area contributed by atoms with E-state index >= 15 is 0 Å². The van der Waals surface area contributed by atoms with Crippen molar-refractivity contribution in [2.75, 3.05) is 13.2 Å². The second kappa shape index (κ2) is 20.4. The first-order valence-corrected chi connectivity index (χ1v) is 16.4. The molecule has 0 saturated carbocycles. The minimum absolute atomic E-state index is 0.0170. The van der Waals surface area contributed by atoms with Gasteiger partial charge in [-0.3, -0.25) is 33.6 Å². The van der Waals surface area contributed by atoms with Crippen molar-refractivity contribution >= 4 is 47.6 Å². The highest BCUT2D eigenvalue weighted by atomic mass is 16.6. The summed E-state index contributed by atoms with van der Waals surface area (Å²) in [6.07, 6.45) is -0.158. The lowest BCUT2D eigenvalue weighted by Crippen LogP contribution is -2.53. The molecule has 54 heavy (non-hydrogen) atoms. The van der Waals surface area contributed by atoms with Crippen molar-refractivity contribution in [3.8, 4) is 23.0 Å². The summed E-state index contributed by atoms with van der Waals surface area (Å²) >= 11 is 0. The van der Waals surface area contributed by atoms with Crippen LogP contribution in [0.1, 0.15) is 66.8 Å². The van der Waals surface area contributed by atoms with Crippen LogP contribution in [0.4, 0.5) is 0 Å². The number of ether oxygens (including phenoxy) is 5. The Morgan fingerprint density at radius 3 is 1.63 bits per heavy atom. The van der Waals surface area contributed by atoms with Crippen LogP contribution in [0.25, 0.3) is 0 Å². The molecule has 17 nitrogen and oxygen atoms in total. The van der Waals surface area contributed by atoms with Crippen LogP contribution < -0.4 is 34.9 Å². The van der Waals surface area contributed by atoms with E-state index in [1.54, 1.807) is 30.3 Å². The molecule has 0 aromatic heterocycles. The molecule has 0 aliphatic heterocycles. The quantitative estimate of drug-likeness (QED) is 0.0831. The number of hydrogen-bond acceptors (Lipinski definition) is 13. The molecule has 3 rings (SSSR count). The van der Waals surface area contributed by atoms with E-state index in [1.807, 2.05) is 0 Å². The van der Waals surface area contributed by atoms with Crippen molar-refractivity contribution in [1.82, 2.24) is 16.0 Å². The van der Waals surface area contributed by atoms with Gasteiger partial charge in [-0.2, -0.15) is 0 Å². The molecule has 2 atom stereocenters. The Balaban J connectivity index is 1.83. The average molecular weight is 750 g/mol. The zero-order valence-corrected chi connectivity index (χ0v) is 29.8. The molecule has 0 aliphatic rings. The summed E-state index contributed by atoms with van der Waals surface area (Å²) in [5.74, 6) is -8.27. The number of rotatable bonds is 18. The van der Waals surface area contributed by atoms with E-state index < -0.39 is 72.0 Å². The van der Waals surface area contributed by atoms with Gasteiger partial charge >= 0.3 is 29.8 Å². The molecular formula is C37H39N3O14. The standard InChI is InChI=1S/C37H39N3O14/c1-21(41)51-30-16-8-13-26(32(30)53-23(3)43)34(45)38-18-10-15-28(36(47)40-29(37(48)49)20-50-19-25-11-6-5-7-12-25)39-35(46)27-14-9-17-31(52-22(2)42)33(27)54-24(4)44/h5-9,11-14,16-17,28-29H,10,15,18-20H2,1-4H3,(H,38,45)(H,39,46)(H,40,47)(H,48,49)/t28-,29-/m0/s1. The SMILES string of the molecule is CC(=O)Oc1cccc(C(=O)NCCC[C@H](NC(=O)c2cccc(OC(C)=O)c2OC(C)=O)C(=O)N[C@@H](COCc2ccccc2)C(=O)O)c1OC(C)=O. The minimum Gasteiger partial charge on any atom is -0.480 e. The van der Waals surface area contributed by atoms with Crippen molar-refractivity contribution in [2.45, 2.75) is 59.2 Å². The lowest BCUT2D eigenvalue weighted by atomic mass is 10.1. The number of carbonyl (C=O) groups is 8. The number of esters is 4. The van der Waals surface area contributed by atoms with Crippen LogP contribution in [-0.2, 0) is 40.1 Å². The molecule has 0 fully saturated rings. The summed E-state index contributed by atoms with van der Waals surface area (Å²) in [6, 6.07) is 13.9. The van der Waals surface area contributed by atoms with Gasteiger partial charge in [-0.25, -0.2) is 4.79 Å². The molecule has 0 saturated heterocycles. The monoisotopic (exact) mass is 749 g/mol. The number of para-hydroxylation sites is 2. The molecule has 0 unspecified atom stereocenters. The summed E-state index contributed by atoms with van der Waals surface area (Å²) < 4.78 is 26.0. The molecule has 0 bridgehead atoms. The molecule has 0 heterocycles. The largest absolute Gasteiger partial charge is 0.480 e. The second-order valence-electron chi connectivity index (χ2n) is 11.5. The molecule has 0 spiro atoms. The van der Waals surface area contributed by atoms with Gasteiger partial charge in [0.1, 0.15) is 6.04 Å². The van der Waals surface area contributed by atoms with Gasteiger partial charge in [-0.15, -0.1) is 0 Å². The summed E-state index contributed by atoms with van der Waals surface area (Å²) in [5.41, 5.74) is 0.330. The van der Waals surface area contributed by atoms with E-state index in [0.717, 1.165) is 33.3 Å². The lowest BCUT2D eigenvalue weighted by Gasteiger charge is -2.22. The Morgan fingerprint density at radius 2 is 1.13 bits per heavy atom. The van der Waals surface area contributed by atoms with Crippen LogP contribution >= 0.6 is 0 Å². The summed E-state index contributed by atoms with van der Waals surface area (Å²) in [5, 5.41) is 17.3. The fourth-order valence-corrected chi connectivity index (χ4v) is 4.78. The van der Waals surface area contributed by atoms with Gasteiger partial charge in [0.05, 0.1) is 24.3 Å². The summed E-state index contributed by atoms with van der Waals surface area (Å²) in [4.78, 5) is 99.3. The van der Waals surface area contributed by atoms with Crippen LogP contribution in [0.5, 0.6) is 23.0 Å². The number of aliphatic carboxylic acids is 1. The molecule has 3 aromatic carbocycles. The van der Waals surface area contributed by atoms with Crippen LogP contribution in [-0.4, -0.2) is 77.9 Å². The maximum atomic E-state index is 13.6. The van der Waals surface area contributed by atoms with Gasteiger partial charge in [-0.05, 0) is 42.7 Å². The van der Waals surface area contributed by atoms with Crippen molar-refractivity contribution in [1.29, 1.82) is 0 Å². The van der Waals surface area contributed by atoms with Crippen LogP contribution in [0.3, 0.4) is 0 Å². The van der Waals surface area contributed by atoms with E-state index in [9.17, 15) is 43.5 Å². The van der Waals surface area contributed by atoms with Crippen LogP contribution in [0.2, 0.25) is 0 Å². The highest BCUT2D eigenvalue weighted by Crippen LogP contribution is 2.33. The number of carboxylic acids is 1. The molecule has 286 valence electrons. The number of nitrogens with one attached hydrogen (secondary N) is 3. The average Bonchev–Trinajstić information content (AvgIpc) is 3.09. The van der Waals surface area contributed by atoms with Crippen LogP contribution in [0.15, 0.2) is 66.7 Å². The van der Waals surface area contributed by atoms with Gasteiger partial charge in [0.15, 0.2) is 29.0 Å². The predicted molar refractivity (Wildman–Crippen MR) is 187 cm³/mol. The molecule has 0 radical (unpaired) electrons. The van der Waals surface area contributed by atoms with E-state index in [1.165, 1.54) is 36.4 Å². The normalized spacial score (nSPS) is 11.6. The first-order chi connectivity index (χ1) is 25.7. The number of amides is 3. The van der Waals surface area contributed by atoms with Crippen molar-refractivity contribution in [3.05, 3.63) is 83.4 Å². The second-order valence-corrected chi connectivity index (χ2v) is 11.5. The first-order valence-electron chi connectivity index (χ1n) is 16.4. The number of carbonyl (C=O) groups excluding carboxylic acids is 7. The van der Waals surface area contributed by atoms with Gasteiger partial charge in [0.25, 0.3) is 11.8 Å². The third-order valence-electron chi connectivity index (χ3n) is 7.03. The highest BCUT2D eigenvalue weighted by Gasteiger charge is 2.29. The number of hydrogen-bond donors (Lipinski definition) is 4. The van der Waals surface area contributed by atoms with E-state index in [2.05, 4.69) is 16.0 Å². The Kier molecular flexibility index (Phi) is 15.8. The summed E-state index contributed by atoms with van der Waals surface area (Å²) in [7, 11) is 0. The third kappa shape index (κ3) is 13.2. The Morgan fingerprint density at radius 1 is 0.611 bits per heavy atom.